The Morgan fingerprint density at radius 2 is 0.352 bits per heavy atom. The number of hydrogen-bond acceptors (Lipinski definition) is 28. The fourth-order valence-corrected chi connectivity index (χ4v) is 13.5. The zero-order valence-corrected chi connectivity index (χ0v) is 79.7. The molecule has 0 saturated heterocycles. The molecule has 1 aliphatic carbocycles. The van der Waals surface area contributed by atoms with Crippen molar-refractivity contribution in [1.82, 2.24) is 0 Å². The van der Waals surface area contributed by atoms with E-state index in [0.29, 0.717) is 137 Å². The summed E-state index contributed by atoms with van der Waals surface area (Å²) in [5.74, 6) is -5.47. The average Bonchev–Trinajstić information content (AvgIpc) is 0.829. The highest BCUT2D eigenvalue weighted by Gasteiger charge is 2.39. The molecular formula is C117H112O28. The lowest BCUT2D eigenvalue weighted by Crippen LogP contribution is -2.44. The van der Waals surface area contributed by atoms with Gasteiger partial charge < -0.3 is 71.1 Å². The molecule has 0 atom stereocenters. The molecule has 0 aromatic heterocycles. The summed E-state index contributed by atoms with van der Waals surface area (Å²) in [4.78, 5) is 159. The Bertz CT molecular complexity index is 5600. The van der Waals surface area contributed by atoms with Crippen LogP contribution >= 0.6 is 0 Å². The van der Waals surface area contributed by atoms with Crippen molar-refractivity contribution in [2.24, 2.45) is 17.3 Å². The predicted molar refractivity (Wildman–Crippen MR) is 535 cm³/mol. The smallest absolute Gasteiger partial charge is 0.338 e. The summed E-state index contributed by atoms with van der Waals surface area (Å²) in [6.45, 7) is 1.32. The van der Waals surface area contributed by atoms with Gasteiger partial charge in [0.2, 0.25) is 0 Å². The van der Waals surface area contributed by atoms with E-state index in [9.17, 15) is 62.3 Å². The molecule has 13 aromatic carbocycles. The molecule has 0 N–H and O–H groups in total. The summed E-state index contributed by atoms with van der Waals surface area (Å²) >= 11 is 0. The number of carbonyl (C=O) groups is 13. The van der Waals surface area contributed by atoms with Gasteiger partial charge in [0.05, 0.1) is 112 Å². The SMILES string of the molecule is O=C(OCC(COC(=O)c1ccccc1)(COC(=O)c1ccccc1)COC(=O)c1ccccc1)c1ccccc1.O=C(OCC(COC(=O)c1ccccc1)OC(=O)c1ccccc1)c1ccccc1.O=C(OCC1CCC(COC(=O)c2ccccc2)CC1)c1ccccc1.O=C(OCCCOCCCOC(=O)c1ccccc1)c1ccccc1.O=C(OCCOCCOC(=O)c1ccccc1)c1ccccc1. The van der Waals surface area contributed by atoms with Crippen LogP contribution in [0.1, 0.15) is 173 Å². The summed E-state index contributed by atoms with van der Waals surface area (Å²) in [5, 5.41) is 0. The van der Waals surface area contributed by atoms with E-state index in [1.165, 1.54) is 0 Å². The minimum atomic E-state index is -1.43. The van der Waals surface area contributed by atoms with Gasteiger partial charge in [0, 0.05) is 26.1 Å². The van der Waals surface area contributed by atoms with Crippen molar-refractivity contribution in [2.45, 2.75) is 44.6 Å². The Kier molecular flexibility index (Phi) is 48.2. The monoisotopic (exact) mass is 1960 g/mol. The molecule has 0 unspecified atom stereocenters. The number of hydrogen-bond donors (Lipinski definition) is 0. The van der Waals surface area contributed by atoms with Crippen LogP contribution in [0.5, 0.6) is 0 Å². The highest BCUT2D eigenvalue weighted by atomic mass is 16.6. The Morgan fingerprint density at radius 3 is 0.559 bits per heavy atom. The first kappa shape index (κ1) is 110. The topological polar surface area (TPSA) is 360 Å². The maximum absolute atomic E-state index is 12.8. The first-order chi connectivity index (χ1) is 70.8. The molecule has 0 aliphatic heterocycles. The Hall–Kier alpha value is -17.1. The number of benzene rings is 13. The van der Waals surface area contributed by atoms with Crippen molar-refractivity contribution in [3.63, 3.8) is 0 Å². The predicted octanol–water partition coefficient (Wildman–Crippen LogP) is 20.0. The molecule has 0 radical (unpaired) electrons. The maximum atomic E-state index is 12.8. The minimum Gasteiger partial charge on any atom is -0.462 e. The second-order valence-electron chi connectivity index (χ2n) is 32.3. The first-order valence-corrected chi connectivity index (χ1v) is 46.9. The van der Waals surface area contributed by atoms with Crippen LogP contribution < -0.4 is 0 Å². The molecule has 1 saturated carbocycles. The lowest BCUT2D eigenvalue weighted by Gasteiger charge is -2.31. The highest BCUT2D eigenvalue weighted by Crippen LogP contribution is 2.31. The van der Waals surface area contributed by atoms with Gasteiger partial charge in [0.1, 0.15) is 58.3 Å². The molecule has 1 aliphatic rings. The third-order valence-electron chi connectivity index (χ3n) is 21.4. The first-order valence-electron chi connectivity index (χ1n) is 46.9. The third kappa shape index (κ3) is 41.3. The molecule has 0 heterocycles. The van der Waals surface area contributed by atoms with Crippen LogP contribution in [0.25, 0.3) is 0 Å². The summed E-state index contributed by atoms with van der Waals surface area (Å²) in [5.41, 5.74) is 4.11. The fourth-order valence-electron chi connectivity index (χ4n) is 13.5. The van der Waals surface area contributed by atoms with E-state index >= 15 is 0 Å². The zero-order valence-electron chi connectivity index (χ0n) is 79.7. The summed E-state index contributed by atoms with van der Waals surface area (Å²) in [6, 6.07) is 112. The van der Waals surface area contributed by atoms with Crippen molar-refractivity contribution < 1.29 is 133 Å². The van der Waals surface area contributed by atoms with Crippen molar-refractivity contribution in [2.75, 3.05) is 106 Å². The summed E-state index contributed by atoms with van der Waals surface area (Å²) in [7, 11) is 0. The zero-order chi connectivity index (χ0) is 102. The standard InChI is InChI=1S/C33H28O8.C24H20O6.C22H24O4.C20H22O5.C18H18O5/c34-29(25-13-5-1-6-14-25)38-21-33(22-39-30(35)26-15-7-2-8-16-26,23-40-31(36)27-17-9-3-10-18-27)24-41-32(37)28-19-11-4-12-20-28;25-22(18-10-4-1-5-11-18)28-16-21(30-24(27)20-14-8-3-9-15-20)17-29-23(26)19-12-6-2-7-13-19;23-21(19-7-3-1-4-8-19)25-15-17-11-13-18(14-12-17)16-26-22(24)20-9-5-2-6-10-20;21-19(17-9-3-1-4-10-17)24-15-7-13-23-14-8-16-25-20(22)18-11-5-2-6-12-18;19-17(15-7-3-1-4-8-15)22-13-11-21-12-14-23-18(20)16-9-5-2-6-10-16/h1-20H,21-24H2;1-15,21H,16-17H2;1-10,17-18H,11-16H2;1-6,9-12H,7-8,13-16H2;1-10H,11-14H2. The van der Waals surface area contributed by atoms with Crippen LogP contribution in [0.3, 0.4) is 0 Å². The number of esters is 13. The van der Waals surface area contributed by atoms with E-state index < -0.39 is 53.3 Å². The molecule has 1 fully saturated rings. The van der Waals surface area contributed by atoms with Crippen LogP contribution in [-0.4, -0.2) is 189 Å². The van der Waals surface area contributed by atoms with Gasteiger partial charge in [-0.1, -0.05) is 237 Å². The van der Waals surface area contributed by atoms with Gasteiger partial charge in [-0.15, -0.1) is 0 Å². The van der Waals surface area contributed by atoms with E-state index in [-0.39, 0.29) is 102 Å². The second-order valence-corrected chi connectivity index (χ2v) is 32.3. The summed E-state index contributed by atoms with van der Waals surface area (Å²) in [6.07, 6.45) is 4.28. The van der Waals surface area contributed by atoms with E-state index in [2.05, 4.69) is 0 Å². The molecule has 145 heavy (non-hydrogen) atoms. The Balaban J connectivity index is 0.000000189. The van der Waals surface area contributed by atoms with E-state index in [1.807, 2.05) is 60.7 Å². The second kappa shape index (κ2) is 63.5. The van der Waals surface area contributed by atoms with Crippen LogP contribution in [0.15, 0.2) is 394 Å². The van der Waals surface area contributed by atoms with Gasteiger partial charge >= 0.3 is 77.6 Å². The maximum Gasteiger partial charge on any atom is 0.338 e. The third-order valence-corrected chi connectivity index (χ3v) is 21.4. The number of ether oxygens (including phenoxy) is 15. The normalized spacial score (nSPS) is 12.0. The van der Waals surface area contributed by atoms with Crippen molar-refractivity contribution in [3.8, 4) is 0 Å². The average molecular weight is 1970 g/mol. The van der Waals surface area contributed by atoms with Gasteiger partial charge in [-0.25, -0.2) is 62.3 Å². The molecule has 0 amide bonds. The van der Waals surface area contributed by atoms with Crippen molar-refractivity contribution in [3.05, 3.63) is 467 Å². The lowest BCUT2D eigenvalue weighted by atomic mass is 9.83. The molecular weight excluding hydrogens is 1850 g/mol. The van der Waals surface area contributed by atoms with Crippen LogP contribution in [-0.2, 0) is 71.1 Å². The van der Waals surface area contributed by atoms with Crippen LogP contribution in [0.4, 0.5) is 0 Å². The molecule has 28 heteroatoms. The molecule has 13 aromatic rings. The largest absolute Gasteiger partial charge is 0.462 e. The van der Waals surface area contributed by atoms with Gasteiger partial charge in [-0.05, 0) is 195 Å². The molecule has 28 nitrogen and oxygen atoms in total. The van der Waals surface area contributed by atoms with Crippen LogP contribution in [0, 0.1) is 17.3 Å². The van der Waals surface area contributed by atoms with Gasteiger partial charge in [0.25, 0.3) is 0 Å². The van der Waals surface area contributed by atoms with E-state index in [4.69, 9.17) is 71.1 Å². The van der Waals surface area contributed by atoms with Gasteiger partial charge in [-0.3, -0.25) is 0 Å². The number of rotatable bonds is 44. The van der Waals surface area contributed by atoms with E-state index in [1.54, 1.807) is 334 Å². The van der Waals surface area contributed by atoms with Crippen molar-refractivity contribution in [1.29, 1.82) is 0 Å². The lowest BCUT2D eigenvalue weighted by molar-refractivity contribution is -0.0643. The minimum absolute atomic E-state index is 0.153. The molecule has 0 bridgehead atoms. The number of carbonyl (C=O) groups excluding carboxylic acids is 13. The Labute approximate surface area is 840 Å². The summed E-state index contributed by atoms with van der Waals surface area (Å²) < 4.78 is 80.3. The molecule has 14 rings (SSSR count). The Morgan fingerprint density at radius 1 is 0.186 bits per heavy atom. The van der Waals surface area contributed by atoms with Crippen molar-refractivity contribution >= 4 is 77.6 Å². The molecule has 748 valence electrons. The quantitative estimate of drug-likeness (QED) is 0.0194. The van der Waals surface area contributed by atoms with Gasteiger partial charge in [0.15, 0.2) is 6.10 Å². The van der Waals surface area contributed by atoms with E-state index in [0.717, 1.165) is 25.7 Å². The van der Waals surface area contributed by atoms with Gasteiger partial charge in [-0.2, -0.15) is 0 Å². The highest BCUT2D eigenvalue weighted by molar-refractivity contribution is 5.95. The fraction of sp³-hybridized carbons (Fsp3) is 0.222. The van der Waals surface area contributed by atoms with Crippen LogP contribution in [0.2, 0.25) is 0 Å². The molecule has 0 spiro atoms.